The average molecular weight is 421 g/mol. The van der Waals surface area contributed by atoms with Gasteiger partial charge >= 0.3 is 0 Å². The summed E-state index contributed by atoms with van der Waals surface area (Å²) in [5.74, 6) is 0.668. The van der Waals surface area contributed by atoms with Crippen LogP contribution in [0.15, 0.2) is 56.8 Å². The summed E-state index contributed by atoms with van der Waals surface area (Å²) in [5, 5.41) is 0. The standard InChI is InChI=1S/C18H17BrN2OS2/c1-12-3-6-14(7-4-12)23-10-9-17(22)20-18-21(2)15-8-5-13(19)11-16(15)24-18/h3-8,11H,9-10H2,1-2H3. The Morgan fingerprint density at radius 3 is 2.75 bits per heavy atom. The number of thioether (sulfide) groups is 1. The maximum absolute atomic E-state index is 12.2. The molecular formula is C18H17BrN2OS2. The van der Waals surface area contributed by atoms with Crippen LogP contribution in [0.3, 0.4) is 0 Å². The van der Waals surface area contributed by atoms with Crippen LogP contribution in [0.4, 0.5) is 0 Å². The Morgan fingerprint density at radius 2 is 2.00 bits per heavy atom. The van der Waals surface area contributed by atoms with E-state index in [2.05, 4.69) is 58.2 Å². The quantitative estimate of drug-likeness (QED) is 0.561. The monoisotopic (exact) mass is 420 g/mol. The van der Waals surface area contributed by atoms with Crippen molar-refractivity contribution < 1.29 is 4.79 Å². The van der Waals surface area contributed by atoms with E-state index >= 15 is 0 Å². The second kappa shape index (κ2) is 7.68. The van der Waals surface area contributed by atoms with E-state index in [4.69, 9.17) is 0 Å². The molecule has 0 aliphatic carbocycles. The summed E-state index contributed by atoms with van der Waals surface area (Å²) >= 11 is 6.70. The third kappa shape index (κ3) is 4.18. The second-order valence-corrected chi connectivity index (χ2v) is 8.57. The zero-order chi connectivity index (χ0) is 17.1. The van der Waals surface area contributed by atoms with E-state index in [1.165, 1.54) is 21.8 Å². The molecule has 0 bridgehead atoms. The van der Waals surface area contributed by atoms with Crippen molar-refractivity contribution in [1.82, 2.24) is 4.57 Å². The van der Waals surface area contributed by atoms with Crippen molar-refractivity contribution in [2.75, 3.05) is 5.75 Å². The van der Waals surface area contributed by atoms with Gasteiger partial charge in [0.2, 0.25) is 5.91 Å². The number of aromatic nitrogens is 1. The molecule has 0 saturated heterocycles. The highest BCUT2D eigenvalue weighted by atomic mass is 79.9. The fraction of sp³-hybridized carbons (Fsp3) is 0.222. The number of hydrogen-bond donors (Lipinski definition) is 0. The first-order valence-corrected chi connectivity index (χ1v) is 10.1. The van der Waals surface area contributed by atoms with Crippen molar-refractivity contribution in [3.63, 3.8) is 0 Å². The van der Waals surface area contributed by atoms with Crippen LogP contribution in [-0.2, 0) is 11.8 Å². The molecule has 124 valence electrons. The summed E-state index contributed by atoms with van der Waals surface area (Å²) in [6, 6.07) is 14.4. The number of carbonyl (C=O) groups excluding carboxylic acids is 1. The van der Waals surface area contributed by atoms with E-state index in [0.29, 0.717) is 6.42 Å². The van der Waals surface area contributed by atoms with Crippen LogP contribution in [0.1, 0.15) is 12.0 Å². The van der Waals surface area contributed by atoms with Gasteiger partial charge in [0.05, 0.1) is 10.2 Å². The molecule has 3 aromatic rings. The molecule has 1 amide bonds. The van der Waals surface area contributed by atoms with Gasteiger partial charge in [-0.1, -0.05) is 45.0 Å². The number of hydrogen-bond acceptors (Lipinski definition) is 3. The molecule has 0 spiro atoms. The summed E-state index contributed by atoms with van der Waals surface area (Å²) in [7, 11) is 1.94. The highest BCUT2D eigenvalue weighted by Gasteiger charge is 2.06. The topological polar surface area (TPSA) is 34.4 Å². The molecule has 0 atom stereocenters. The van der Waals surface area contributed by atoms with Gasteiger partial charge in [-0.15, -0.1) is 11.8 Å². The lowest BCUT2D eigenvalue weighted by atomic mass is 10.2. The van der Waals surface area contributed by atoms with E-state index in [-0.39, 0.29) is 5.91 Å². The molecule has 2 aromatic carbocycles. The Labute approximate surface area is 157 Å². The van der Waals surface area contributed by atoms with Gasteiger partial charge in [-0.25, -0.2) is 0 Å². The van der Waals surface area contributed by atoms with Gasteiger partial charge in [0.25, 0.3) is 0 Å². The Kier molecular flexibility index (Phi) is 5.58. The molecule has 0 fully saturated rings. The van der Waals surface area contributed by atoms with Gasteiger partial charge in [0, 0.05) is 28.6 Å². The van der Waals surface area contributed by atoms with Crippen molar-refractivity contribution in [2.24, 2.45) is 12.0 Å². The van der Waals surface area contributed by atoms with Crippen molar-refractivity contribution in [2.45, 2.75) is 18.2 Å². The third-order valence-corrected chi connectivity index (χ3v) is 6.20. The largest absolute Gasteiger partial charge is 0.319 e. The molecule has 0 radical (unpaired) electrons. The number of amides is 1. The lowest BCUT2D eigenvalue weighted by molar-refractivity contribution is -0.117. The molecule has 1 aromatic heterocycles. The number of benzene rings is 2. The summed E-state index contributed by atoms with van der Waals surface area (Å²) in [6.07, 6.45) is 0.441. The second-order valence-electron chi connectivity index (χ2n) is 5.47. The van der Waals surface area contributed by atoms with E-state index < -0.39 is 0 Å². The van der Waals surface area contributed by atoms with Crippen LogP contribution in [0.25, 0.3) is 10.2 Å². The fourth-order valence-corrected chi connectivity index (χ4v) is 4.70. The molecule has 0 unspecified atom stereocenters. The number of nitrogens with zero attached hydrogens (tertiary/aromatic N) is 2. The van der Waals surface area contributed by atoms with Gasteiger partial charge in [-0.3, -0.25) is 4.79 Å². The Balaban J connectivity index is 1.68. The third-order valence-electron chi connectivity index (χ3n) is 3.60. The predicted octanol–water partition coefficient (Wildman–Crippen LogP) is 4.92. The molecule has 0 aliphatic rings. The van der Waals surface area contributed by atoms with Crippen LogP contribution in [0.2, 0.25) is 0 Å². The van der Waals surface area contributed by atoms with Gasteiger partial charge in [0.1, 0.15) is 0 Å². The number of rotatable bonds is 4. The summed E-state index contributed by atoms with van der Waals surface area (Å²) in [6.45, 7) is 2.07. The number of aryl methyl sites for hydroxylation is 2. The maximum Gasteiger partial charge on any atom is 0.249 e. The molecule has 0 N–H and O–H groups in total. The number of halogens is 1. The van der Waals surface area contributed by atoms with Crippen LogP contribution in [-0.4, -0.2) is 16.2 Å². The van der Waals surface area contributed by atoms with Crippen molar-refractivity contribution in [3.05, 3.63) is 57.3 Å². The normalized spacial score (nSPS) is 12.0. The van der Waals surface area contributed by atoms with Gasteiger partial charge in [0.15, 0.2) is 4.80 Å². The number of fused-ring (bicyclic) bond motifs is 1. The van der Waals surface area contributed by atoms with E-state index in [1.807, 2.05) is 23.7 Å². The lowest BCUT2D eigenvalue weighted by Crippen LogP contribution is -2.13. The highest BCUT2D eigenvalue weighted by molar-refractivity contribution is 9.10. The minimum atomic E-state index is -0.0733. The Morgan fingerprint density at radius 1 is 1.25 bits per heavy atom. The first kappa shape index (κ1) is 17.5. The van der Waals surface area contributed by atoms with Crippen molar-refractivity contribution >= 4 is 55.2 Å². The van der Waals surface area contributed by atoms with E-state index in [9.17, 15) is 4.79 Å². The molecular weight excluding hydrogens is 404 g/mol. The Hall–Kier alpha value is -1.37. The zero-order valence-corrected chi connectivity index (χ0v) is 16.7. The summed E-state index contributed by atoms with van der Waals surface area (Å²) in [5.41, 5.74) is 2.33. The SMILES string of the molecule is Cc1ccc(SCCC(=O)N=c2sc3cc(Br)ccc3n2C)cc1. The molecule has 0 aliphatic heterocycles. The molecule has 3 nitrogen and oxygen atoms in total. The van der Waals surface area contributed by atoms with E-state index in [0.717, 1.165) is 25.2 Å². The minimum absolute atomic E-state index is 0.0733. The molecule has 0 saturated carbocycles. The lowest BCUT2D eigenvalue weighted by Gasteiger charge is -2.00. The smallest absolute Gasteiger partial charge is 0.249 e. The van der Waals surface area contributed by atoms with Crippen molar-refractivity contribution in [3.8, 4) is 0 Å². The number of carbonyl (C=O) groups is 1. The minimum Gasteiger partial charge on any atom is -0.319 e. The molecule has 24 heavy (non-hydrogen) atoms. The summed E-state index contributed by atoms with van der Waals surface area (Å²) < 4.78 is 4.12. The zero-order valence-electron chi connectivity index (χ0n) is 13.5. The van der Waals surface area contributed by atoms with Gasteiger partial charge in [-0.05, 0) is 37.3 Å². The number of thiazole rings is 1. The van der Waals surface area contributed by atoms with Crippen LogP contribution >= 0.6 is 39.0 Å². The highest BCUT2D eigenvalue weighted by Crippen LogP contribution is 2.22. The van der Waals surface area contributed by atoms with Crippen molar-refractivity contribution in [1.29, 1.82) is 0 Å². The first-order chi connectivity index (χ1) is 11.5. The van der Waals surface area contributed by atoms with Gasteiger partial charge < -0.3 is 4.57 Å². The van der Waals surface area contributed by atoms with Crippen LogP contribution in [0.5, 0.6) is 0 Å². The van der Waals surface area contributed by atoms with Crippen LogP contribution < -0.4 is 4.80 Å². The molecule has 1 heterocycles. The predicted molar refractivity (Wildman–Crippen MR) is 106 cm³/mol. The molecule has 3 rings (SSSR count). The molecule has 6 heteroatoms. The Bertz CT molecular complexity index is 942. The maximum atomic E-state index is 12.2. The summed E-state index contributed by atoms with van der Waals surface area (Å²) in [4.78, 5) is 18.4. The fourth-order valence-electron chi connectivity index (χ4n) is 2.27. The van der Waals surface area contributed by atoms with Crippen LogP contribution in [0, 0.1) is 6.92 Å². The average Bonchev–Trinajstić information content (AvgIpc) is 2.84. The van der Waals surface area contributed by atoms with Gasteiger partial charge in [-0.2, -0.15) is 4.99 Å². The van der Waals surface area contributed by atoms with E-state index in [1.54, 1.807) is 11.8 Å². The first-order valence-electron chi connectivity index (χ1n) is 7.55.